The number of pyridine rings is 1. The highest BCUT2D eigenvalue weighted by Crippen LogP contribution is 2.34. The Morgan fingerprint density at radius 1 is 1.17 bits per heavy atom. The number of amides is 1. The summed E-state index contributed by atoms with van der Waals surface area (Å²) >= 11 is 0. The van der Waals surface area contributed by atoms with Crippen LogP contribution >= 0.6 is 0 Å². The van der Waals surface area contributed by atoms with Gasteiger partial charge in [0, 0.05) is 12.7 Å². The Morgan fingerprint density at radius 3 is 2.62 bits per heavy atom. The highest BCUT2D eigenvalue weighted by Gasteiger charge is 2.35. The second-order valence-corrected chi connectivity index (χ2v) is 6.28. The number of fused-ring (bicyclic) bond motifs is 1. The zero-order valence-corrected chi connectivity index (χ0v) is 14.5. The first kappa shape index (κ1) is 19.0. The van der Waals surface area contributed by atoms with E-state index in [-0.39, 0.29) is 35.7 Å². The predicted octanol–water partition coefficient (Wildman–Crippen LogP) is 4.24. The molecule has 29 heavy (non-hydrogen) atoms. The average Bonchev–Trinajstić information content (AvgIpc) is 3.27. The molecule has 0 saturated heterocycles. The summed E-state index contributed by atoms with van der Waals surface area (Å²) in [5, 5.41) is 6.71. The molecule has 0 bridgehead atoms. The minimum atomic E-state index is -4.54. The van der Waals surface area contributed by atoms with Crippen LogP contribution in [-0.2, 0) is 19.3 Å². The zero-order valence-electron chi connectivity index (χ0n) is 14.5. The number of hydrogen-bond acceptors (Lipinski definition) is 5. The van der Waals surface area contributed by atoms with Gasteiger partial charge in [0.25, 0.3) is 11.8 Å². The summed E-state index contributed by atoms with van der Waals surface area (Å²) in [6, 6.07) is 6.35. The van der Waals surface area contributed by atoms with Crippen molar-refractivity contribution in [1.29, 1.82) is 0 Å². The lowest BCUT2D eigenvalue weighted by molar-refractivity contribution is -0.138. The second-order valence-electron chi connectivity index (χ2n) is 6.28. The normalized spacial score (nSPS) is 14.0. The Labute approximate surface area is 160 Å². The minimum Gasteiger partial charge on any atom is -0.415 e. The maximum absolute atomic E-state index is 13.2. The molecular formula is C18H11F5N4O2. The van der Waals surface area contributed by atoms with Crippen molar-refractivity contribution in [1.82, 2.24) is 20.1 Å². The fraction of sp³-hybridized carbons (Fsp3) is 0.222. The van der Waals surface area contributed by atoms with E-state index in [9.17, 15) is 26.7 Å². The highest BCUT2D eigenvalue weighted by molar-refractivity contribution is 5.98. The summed E-state index contributed by atoms with van der Waals surface area (Å²) in [6.45, 7) is -0.233. The lowest BCUT2D eigenvalue weighted by Crippen LogP contribution is -2.25. The van der Waals surface area contributed by atoms with Gasteiger partial charge in [-0.25, -0.2) is 0 Å². The number of hydrogen-bond donors (Lipinski definition) is 0. The van der Waals surface area contributed by atoms with Crippen molar-refractivity contribution in [2.24, 2.45) is 0 Å². The molecule has 1 aliphatic rings. The van der Waals surface area contributed by atoms with Crippen LogP contribution in [-0.4, -0.2) is 26.0 Å². The molecule has 1 amide bonds. The Balaban J connectivity index is 1.60. The van der Waals surface area contributed by atoms with Crippen LogP contribution in [0.15, 0.2) is 40.9 Å². The van der Waals surface area contributed by atoms with Crippen molar-refractivity contribution in [3.8, 4) is 11.5 Å². The van der Waals surface area contributed by atoms with Gasteiger partial charge in [0.2, 0.25) is 5.89 Å². The van der Waals surface area contributed by atoms with E-state index in [2.05, 4.69) is 15.2 Å². The van der Waals surface area contributed by atoms with Crippen molar-refractivity contribution in [2.45, 2.75) is 25.7 Å². The molecule has 0 unspecified atom stereocenters. The standard InChI is InChI=1S/C18H11F5N4O2/c19-14(20)16-26-25-15(29-16)10-5-11-13(24-6-10)8-27(17(11)28)7-9-3-1-2-4-12(9)18(21,22)23/h1-6,14H,7-8H2. The van der Waals surface area contributed by atoms with E-state index >= 15 is 0 Å². The Bertz CT molecular complexity index is 1080. The molecule has 0 spiro atoms. The third-order valence-corrected chi connectivity index (χ3v) is 4.39. The Morgan fingerprint density at radius 2 is 1.93 bits per heavy atom. The summed E-state index contributed by atoms with van der Waals surface area (Å²) in [7, 11) is 0. The Kier molecular flexibility index (Phi) is 4.52. The molecule has 3 aromatic rings. The van der Waals surface area contributed by atoms with Crippen molar-refractivity contribution >= 4 is 5.91 Å². The number of rotatable bonds is 4. The number of carbonyl (C=O) groups excluding carboxylic acids is 1. The molecular weight excluding hydrogens is 399 g/mol. The van der Waals surface area contributed by atoms with E-state index in [0.29, 0.717) is 5.69 Å². The molecule has 1 aliphatic heterocycles. The van der Waals surface area contributed by atoms with Crippen molar-refractivity contribution in [2.75, 3.05) is 0 Å². The van der Waals surface area contributed by atoms with Gasteiger partial charge in [-0.1, -0.05) is 18.2 Å². The van der Waals surface area contributed by atoms with Gasteiger partial charge in [-0.2, -0.15) is 22.0 Å². The monoisotopic (exact) mass is 410 g/mol. The van der Waals surface area contributed by atoms with Crippen LogP contribution in [0.25, 0.3) is 11.5 Å². The van der Waals surface area contributed by atoms with Crippen LogP contribution in [0.3, 0.4) is 0 Å². The number of carbonyl (C=O) groups is 1. The fourth-order valence-electron chi connectivity index (χ4n) is 3.05. The molecule has 4 rings (SSSR count). The molecule has 11 heteroatoms. The van der Waals surface area contributed by atoms with Crippen LogP contribution in [0.5, 0.6) is 0 Å². The summed E-state index contributed by atoms with van der Waals surface area (Å²) in [5.41, 5.74) is -0.197. The SMILES string of the molecule is O=C1c2cc(-c3nnc(C(F)F)o3)cnc2CN1Cc1ccccc1C(F)(F)F. The molecule has 0 fully saturated rings. The number of aromatic nitrogens is 3. The van der Waals surface area contributed by atoms with E-state index in [0.717, 1.165) is 6.07 Å². The van der Waals surface area contributed by atoms with Gasteiger partial charge < -0.3 is 9.32 Å². The number of nitrogens with zero attached hydrogens (tertiary/aromatic N) is 4. The van der Waals surface area contributed by atoms with Crippen molar-refractivity contribution < 1.29 is 31.2 Å². The number of benzene rings is 1. The van der Waals surface area contributed by atoms with Gasteiger partial charge in [-0.3, -0.25) is 9.78 Å². The lowest BCUT2D eigenvalue weighted by Gasteiger charge is -2.19. The number of halogens is 5. The van der Waals surface area contributed by atoms with E-state index in [1.807, 2.05) is 0 Å². The van der Waals surface area contributed by atoms with Crippen LogP contribution in [0, 0.1) is 0 Å². The summed E-state index contributed by atoms with van der Waals surface area (Å²) < 4.78 is 69.6. The Hall–Kier alpha value is -3.37. The van der Waals surface area contributed by atoms with Crippen LogP contribution < -0.4 is 0 Å². The van der Waals surface area contributed by atoms with Gasteiger partial charge in [-0.05, 0) is 17.7 Å². The molecule has 2 aromatic heterocycles. The number of alkyl halides is 5. The molecule has 6 nitrogen and oxygen atoms in total. The van der Waals surface area contributed by atoms with E-state index in [4.69, 9.17) is 4.42 Å². The molecule has 150 valence electrons. The second kappa shape index (κ2) is 6.90. The molecule has 0 aliphatic carbocycles. The molecule has 0 atom stereocenters. The molecule has 3 heterocycles. The smallest absolute Gasteiger partial charge is 0.415 e. The maximum atomic E-state index is 13.2. The van der Waals surface area contributed by atoms with Gasteiger partial charge >= 0.3 is 12.6 Å². The lowest BCUT2D eigenvalue weighted by atomic mass is 10.1. The van der Waals surface area contributed by atoms with Crippen molar-refractivity contribution in [3.63, 3.8) is 0 Å². The average molecular weight is 410 g/mol. The van der Waals surface area contributed by atoms with Gasteiger partial charge in [0.15, 0.2) is 0 Å². The van der Waals surface area contributed by atoms with Gasteiger partial charge in [0.05, 0.1) is 28.9 Å². The first-order valence-corrected chi connectivity index (χ1v) is 8.29. The van der Waals surface area contributed by atoms with Crippen LogP contribution in [0.1, 0.15) is 39.5 Å². The predicted molar refractivity (Wildman–Crippen MR) is 87.5 cm³/mol. The van der Waals surface area contributed by atoms with E-state index < -0.39 is 30.0 Å². The molecule has 0 N–H and O–H groups in total. The quantitative estimate of drug-likeness (QED) is 0.602. The van der Waals surface area contributed by atoms with Crippen molar-refractivity contribution in [3.05, 3.63) is 64.8 Å². The van der Waals surface area contributed by atoms with E-state index in [1.54, 1.807) is 0 Å². The fourth-order valence-corrected chi connectivity index (χ4v) is 3.05. The third kappa shape index (κ3) is 3.55. The maximum Gasteiger partial charge on any atom is 0.416 e. The van der Waals surface area contributed by atoms with Crippen LogP contribution in [0.2, 0.25) is 0 Å². The first-order valence-electron chi connectivity index (χ1n) is 8.29. The largest absolute Gasteiger partial charge is 0.416 e. The third-order valence-electron chi connectivity index (χ3n) is 4.39. The zero-order chi connectivity index (χ0) is 20.8. The van der Waals surface area contributed by atoms with E-state index in [1.165, 1.54) is 35.4 Å². The van der Waals surface area contributed by atoms with Crippen LogP contribution in [0.4, 0.5) is 22.0 Å². The molecule has 1 aromatic carbocycles. The summed E-state index contributed by atoms with van der Waals surface area (Å²) in [4.78, 5) is 18.0. The van der Waals surface area contributed by atoms with Gasteiger partial charge in [0.1, 0.15) is 0 Å². The molecule has 0 saturated carbocycles. The topological polar surface area (TPSA) is 72.1 Å². The minimum absolute atomic E-state index is 0.0206. The molecule has 0 radical (unpaired) electrons. The van der Waals surface area contributed by atoms with Gasteiger partial charge in [-0.15, -0.1) is 10.2 Å². The first-order chi connectivity index (χ1) is 13.7. The summed E-state index contributed by atoms with van der Waals surface area (Å²) in [5.74, 6) is -1.62. The highest BCUT2D eigenvalue weighted by atomic mass is 19.4. The summed E-state index contributed by atoms with van der Waals surface area (Å²) in [6.07, 6.45) is -6.20.